The molecule has 3 amide bonds. The van der Waals surface area contributed by atoms with Gasteiger partial charge in [-0.05, 0) is 45.1 Å². The first kappa shape index (κ1) is 18.7. The molecule has 2 bridgehead atoms. The van der Waals surface area contributed by atoms with Crippen LogP contribution in [-0.4, -0.2) is 76.2 Å². The lowest BCUT2D eigenvalue weighted by molar-refractivity contribution is -0.135. The molecule has 144 valence electrons. The van der Waals surface area contributed by atoms with Gasteiger partial charge in [-0.2, -0.15) is 5.10 Å². The van der Waals surface area contributed by atoms with Crippen molar-refractivity contribution >= 4 is 11.9 Å². The van der Waals surface area contributed by atoms with E-state index in [1.165, 1.54) is 5.56 Å². The standard InChI is InChI=1S/C19H31N5O2/c1-13-14(2)20-24(15(13)3)9-8-18(25)23-11-16-6-7-17(23)12-22(10-16)19(26)21(4)5/h16-17H,6-12H2,1-5H3/t16-,17+/m1/s1. The van der Waals surface area contributed by atoms with Gasteiger partial charge in [0, 0.05) is 58.4 Å². The zero-order chi connectivity index (χ0) is 19.0. The average Bonchev–Trinajstić information content (AvgIpc) is 2.83. The fourth-order valence-corrected chi connectivity index (χ4v) is 4.18. The Kier molecular flexibility index (Phi) is 5.25. The minimum Gasteiger partial charge on any atom is -0.338 e. The molecule has 3 aliphatic heterocycles. The van der Waals surface area contributed by atoms with Gasteiger partial charge in [0.25, 0.3) is 0 Å². The highest BCUT2D eigenvalue weighted by molar-refractivity contribution is 5.77. The second-order valence-corrected chi connectivity index (χ2v) is 7.99. The normalized spacial score (nSPS) is 22.5. The van der Waals surface area contributed by atoms with E-state index in [4.69, 9.17) is 0 Å². The van der Waals surface area contributed by atoms with Gasteiger partial charge >= 0.3 is 6.03 Å². The number of urea groups is 1. The fraction of sp³-hybridized carbons (Fsp3) is 0.737. The molecule has 4 rings (SSSR count). The van der Waals surface area contributed by atoms with Crippen molar-refractivity contribution in [2.45, 2.75) is 52.6 Å². The smallest absolute Gasteiger partial charge is 0.319 e. The number of aromatic nitrogens is 2. The van der Waals surface area contributed by atoms with E-state index in [0.29, 0.717) is 25.4 Å². The number of hydrogen-bond donors (Lipinski definition) is 0. The van der Waals surface area contributed by atoms with Crippen LogP contribution in [0.15, 0.2) is 0 Å². The van der Waals surface area contributed by atoms with Crippen LogP contribution in [-0.2, 0) is 11.3 Å². The molecule has 0 spiro atoms. The number of carbonyl (C=O) groups excluding carboxylic acids is 2. The predicted molar refractivity (Wildman–Crippen MR) is 99.9 cm³/mol. The summed E-state index contributed by atoms with van der Waals surface area (Å²) >= 11 is 0. The Morgan fingerprint density at radius 2 is 1.85 bits per heavy atom. The fourth-order valence-electron chi connectivity index (χ4n) is 4.18. The first-order chi connectivity index (χ1) is 12.3. The van der Waals surface area contributed by atoms with Crippen LogP contribution in [0.25, 0.3) is 0 Å². The Hall–Kier alpha value is -2.05. The third-order valence-corrected chi connectivity index (χ3v) is 5.97. The third-order valence-electron chi connectivity index (χ3n) is 5.97. The lowest BCUT2D eigenvalue weighted by atomic mass is 9.94. The molecule has 2 atom stereocenters. The highest BCUT2D eigenvalue weighted by Gasteiger charge is 2.38. The van der Waals surface area contributed by atoms with E-state index in [9.17, 15) is 9.59 Å². The van der Waals surface area contributed by atoms with Gasteiger partial charge in [-0.3, -0.25) is 9.48 Å². The van der Waals surface area contributed by atoms with Crippen molar-refractivity contribution < 1.29 is 9.59 Å². The van der Waals surface area contributed by atoms with Crippen LogP contribution >= 0.6 is 0 Å². The first-order valence-corrected chi connectivity index (χ1v) is 9.54. The maximum absolute atomic E-state index is 12.9. The number of aryl methyl sites for hydroxylation is 2. The van der Waals surface area contributed by atoms with E-state index >= 15 is 0 Å². The second-order valence-electron chi connectivity index (χ2n) is 7.99. The minimum absolute atomic E-state index is 0.0503. The predicted octanol–water partition coefficient (Wildman–Crippen LogP) is 1.80. The van der Waals surface area contributed by atoms with Gasteiger partial charge in [0.1, 0.15) is 0 Å². The minimum atomic E-state index is 0.0503. The zero-order valence-electron chi connectivity index (χ0n) is 16.7. The zero-order valence-corrected chi connectivity index (χ0v) is 16.7. The molecule has 0 saturated carbocycles. The molecular formula is C19H31N5O2. The lowest BCUT2D eigenvalue weighted by Crippen LogP contribution is -2.48. The summed E-state index contributed by atoms with van der Waals surface area (Å²) < 4.78 is 1.94. The van der Waals surface area contributed by atoms with Crippen molar-refractivity contribution in [3.63, 3.8) is 0 Å². The summed E-state index contributed by atoms with van der Waals surface area (Å²) in [6.45, 7) is 8.93. The van der Waals surface area contributed by atoms with Crippen LogP contribution < -0.4 is 0 Å². The Bertz CT molecular complexity index is 696. The quantitative estimate of drug-likeness (QED) is 0.825. The van der Waals surface area contributed by atoms with E-state index in [0.717, 1.165) is 37.3 Å². The summed E-state index contributed by atoms with van der Waals surface area (Å²) in [5, 5.41) is 4.54. The topological polar surface area (TPSA) is 61.7 Å². The Morgan fingerprint density at radius 3 is 2.46 bits per heavy atom. The van der Waals surface area contributed by atoms with Crippen molar-refractivity contribution in [1.82, 2.24) is 24.5 Å². The molecule has 1 aromatic heterocycles. The summed E-state index contributed by atoms with van der Waals surface area (Å²) in [4.78, 5) is 30.8. The van der Waals surface area contributed by atoms with Crippen molar-refractivity contribution in [2.75, 3.05) is 33.7 Å². The van der Waals surface area contributed by atoms with Gasteiger partial charge in [-0.15, -0.1) is 0 Å². The molecule has 3 aliphatic rings. The molecule has 4 heterocycles. The van der Waals surface area contributed by atoms with Crippen LogP contribution in [0.1, 0.15) is 36.2 Å². The van der Waals surface area contributed by atoms with Crippen LogP contribution in [0.3, 0.4) is 0 Å². The van der Waals surface area contributed by atoms with Crippen molar-refractivity contribution in [1.29, 1.82) is 0 Å². The van der Waals surface area contributed by atoms with Crippen LogP contribution in [0.2, 0.25) is 0 Å². The van der Waals surface area contributed by atoms with Crippen molar-refractivity contribution in [2.24, 2.45) is 5.92 Å². The number of piperidine rings is 1. The first-order valence-electron chi connectivity index (χ1n) is 9.54. The van der Waals surface area contributed by atoms with Crippen LogP contribution in [0.4, 0.5) is 4.79 Å². The van der Waals surface area contributed by atoms with E-state index in [2.05, 4.69) is 18.9 Å². The Labute approximate surface area is 155 Å². The third kappa shape index (κ3) is 3.57. The van der Waals surface area contributed by atoms with Crippen molar-refractivity contribution in [3.8, 4) is 0 Å². The molecule has 3 fully saturated rings. The van der Waals surface area contributed by atoms with Gasteiger partial charge in [0.05, 0.1) is 5.69 Å². The summed E-state index contributed by atoms with van der Waals surface area (Å²) in [5.74, 6) is 0.571. The summed E-state index contributed by atoms with van der Waals surface area (Å²) in [6, 6.07) is 0.196. The molecule has 0 N–H and O–H groups in total. The highest BCUT2D eigenvalue weighted by atomic mass is 16.2. The molecule has 0 aromatic carbocycles. The van der Waals surface area contributed by atoms with Crippen LogP contribution in [0, 0.1) is 26.7 Å². The average molecular weight is 361 g/mol. The van der Waals surface area contributed by atoms with Gasteiger partial charge < -0.3 is 14.7 Å². The number of rotatable bonds is 3. The number of amides is 3. The summed E-state index contributed by atoms with van der Waals surface area (Å²) in [5.41, 5.74) is 3.36. The van der Waals surface area contributed by atoms with E-state index in [-0.39, 0.29) is 18.0 Å². The number of carbonyl (C=O) groups is 2. The lowest BCUT2D eigenvalue weighted by Gasteiger charge is -2.36. The maximum Gasteiger partial charge on any atom is 0.319 e. The largest absolute Gasteiger partial charge is 0.338 e. The molecule has 0 unspecified atom stereocenters. The molecule has 7 heteroatoms. The molecular weight excluding hydrogens is 330 g/mol. The van der Waals surface area contributed by atoms with Crippen molar-refractivity contribution in [3.05, 3.63) is 17.0 Å². The number of hydrogen-bond acceptors (Lipinski definition) is 3. The Balaban J connectivity index is 1.65. The van der Waals surface area contributed by atoms with E-state index in [1.807, 2.05) is 21.4 Å². The Morgan fingerprint density at radius 1 is 1.12 bits per heavy atom. The molecule has 0 radical (unpaired) electrons. The number of nitrogens with zero attached hydrogens (tertiary/aromatic N) is 5. The van der Waals surface area contributed by atoms with E-state index in [1.54, 1.807) is 19.0 Å². The molecule has 7 nitrogen and oxygen atoms in total. The molecule has 1 aromatic rings. The highest BCUT2D eigenvalue weighted by Crippen LogP contribution is 2.29. The molecule has 26 heavy (non-hydrogen) atoms. The monoisotopic (exact) mass is 361 g/mol. The van der Waals surface area contributed by atoms with Gasteiger partial charge in [0.15, 0.2) is 0 Å². The molecule has 3 saturated heterocycles. The number of fused-ring (bicyclic) bond motifs is 4. The van der Waals surface area contributed by atoms with Gasteiger partial charge in [0.2, 0.25) is 5.91 Å². The SMILES string of the molecule is Cc1nn(CCC(=O)N2C[C@@H]3CC[C@H]2CN(C(=O)N(C)C)C3)c(C)c1C. The maximum atomic E-state index is 12.9. The summed E-state index contributed by atoms with van der Waals surface area (Å²) in [6.07, 6.45) is 2.56. The van der Waals surface area contributed by atoms with Gasteiger partial charge in [-0.25, -0.2) is 4.79 Å². The van der Waals surface area contributed by atoms with Gasteiger partial charge in [-0.1, -0.05) is 0 Å². The molecule has 0 aliphatic carbocycles. The summed E-state index contributed by atoms with van der Waals surface area (Å²) in [7, 11) is 3.57. The van der Waals surface area contributed by atoms with E-state index < -0.39 is 0 Å². The second kappa shape index (κ2) is 7.29. The van der Waals surface area contributed by atoms with Crippen LogP contribution in [0.5, 0.6) is 0 Å².